The highest BCUT2D eigenvalue weighted by Crippen LogP contribution is 2.28. The van der Waals surface area contributed by atoms with Gasteiger partial charge in [-0.3, -0.25) is 9.69 Å². The molecule has 2 rings (SSSR count). The molecule has 1 amide bonds. The number of nitrogens with zero attached hydrogens (tertiary/aromatic N) is 1. The molecule has 7 heteroatoms. The van der Waals surface area contributed by atoms with Crippen LogP contribution in [-0.2, 0) is 4.79 Å². The monoisotopic (exact) mass is 363 g/mol. The molecule has 0 bridgehead atoms. The molecule has 3 N–H and O–H groups in total. The molecule has 1 aliphatic rings. The third-order valence-electron chi connectivity index (χ3n) is 4.24. The van der Waals surface area contributed by atoms with Crippen LogP contribution in [0, 0.1) is 11.7 Å². The van der Waals surface area contributed by atoms with Crippen molar-refractivity contribution >= 4 is 29.9 Å². The molecular formula is C16H24Cl2FN3O. The Morgan fingerprint density at radius 3 is 2.96 bits per heavy atom. The minimum absolute atomic E-state index is 0. The summed E-state index contributed by atoms with van der Waals surface area (Å²) in [6.45, 7) is 4.65. The summed E-state index contributed by atoms with van der Waals surface area (Å²) in [7, 11) is 0. The van der Waals surface area contributed by atoms with Crippen LogP contribution in [-0.4, -0.2) is 37.0 Å². The van der Waals surface area contributed by atoms with E-state index in [-0.39, 0.29) is 35.3 Å². The molecule has 2 unspecified atom stereocenters. The summed E-state index contributed by atoms with van der Waals surface area (Å²) in [5, 5.41) is 2.99. The number of amides is 1. The third kappa shape index (κ3) is 5.31. The second kappa shape index (κ2) is 9.42. The summed E-state index contributed by atoms with van der Waals surface area (Å²) in [6.07, 6.45) is 1.86. The van der Waals surface area contributed by atoms with Crippen molar-refractivity contribution < 1.29 is 9.18 Å². The third-order valence-corrected chi connectivity index (χ3v) is 4.53. The molecule has 1 aromatic carbocycles. The maximum Gasteiger partial charge on any atom is 0.224 e. The predicted molar refractivity (Wildman–Crippen MR) is 93.4 cm³/mol. The maximum absolute atomic E-state index is 13.3. The quantitative estimate of drug-likeness (QED) is 0.845. The van der Waals surface area contributed by atoms with E-state index in [1.54, 1.807) is 12.1 Å². The van der Waals surface area contributed by atoms with Gasteiger partial charge in [0.2, 0.25) is 5.91 Å². The first-order chi connectivity index (χ1) is 10.5. The molecule has 23 heavy (non-hydrogen) atoms. The van der Waals surface area contributed by atoms with Crippen LogP contribution in [0.1, 0.15) is 31.4 Å². The number of piperidine rings is 1. The first-order valence-corrected chi connectivity index (χ1v) is 8.07. The lowest BCUT2D eigenvalue weighted by Gasteiger charge is -2.36. The van der Waals surface area contributed by atoms with E-state index in [0.29, 0.717) is 19.6 Å². The molecule has 1 heterocycles. The van der Waals surface area contributed by atoms with Crippen molar-refractivity contribution in [3.63, 3.8) is 0 Å². The van der Waals surface area contributed by atoms with E-state index >= 15 is 0 Å². The Labute approximate surface area is 148 Å². The average molecular weight is 364 g/mol. The van der Waals surface area contributed by atoms with Gasteiger partial charge < -0.3 is 11.1 Å². The van der Waals surface area contributed by atoms with Crippen molar-refractivity contribution in [3.8, 4) is 0 Å². The van der Waals surface area contributed by atoms with E-state index in [1.165, 1.54) is 6.07 Å². The highest BCUT2D eigenvalue weighted by atomic mass is 35.5. The molecule has 0 aliphatic carbocycles. The van der Waals surface area contributed by atoms with E-state index in [4.69, 9.17) is 17.3 Å². The second-order valence-corrected chi connectivity index (χ2v) is 6.17. The Bertz CT molecular complexity index is 530. The maximum atomic E-state index is 13.3. The highest BCUT2D eigenvalue weighted by Gasteiger charge is 2.28. The highest BCUT2D eigenvalue weighted by molar-refractivity contribution is 6.30. The van der Waals surface area contributed by atoms with Gasteiger partial charge in [0.1, 0.15) is 5.82 Å². The minimum atomic E-state index is -0.407. The Morgan fingerprint density at radius 1 is 1.57 bits per heavy atom. The zero-order chi connectivity index (χ0) is 16.1. The number of rotatable bonds is 5. The molecule has 2 atom stereocenters. The molecular weight excluding hydrogens is 340 g/mol. The van der Waals surface area contributed by atoms with Crippen molar-refractivity contribution in [2.75, 3.05) is 26.2 Å². The van der Waals surface area contributed by atoms with Gasteiger partial charge in [0, 0.05) is 25.7 Å². The van der Waals surface area contributed by atoms with Gasteiger partial charge in [-0.05, 0) is 44.0 Å². The van der Waals surface area contributed by atoms with E-state index in [1.807, 2.05) is 0 Å². The number of likely N-dealkylation sites (tertiary alicyclic amines) is 1. The molecule has 1 saturated heterocycles. The number of hydrogen-bond donors (Lipinski definition) is 2. The Hall–Kier alpha value is -0.880. The van der Waals surface area contributed by atoms with Crippen LogP contribution in [0.4, 0.5) is 4.39 Å². The summed E-state index contributed by atoms with van der Waals surface area (Å²) in [5.41, 5.74) is 6.38. The van der Waals surface area contributed by atoms with Gasteiger partial charge in [-0.1, -0.05) is 17.7 Å². The van der Waals surface area contributed by atoms with Crippen molar-refractivity contribution in [2.45, 2.75) is 25.8 Å². The molecule has 0 saturated carbocycles. The summed E-state index contributed by atoms with van der Waals surface area (Å²) >= 11 is 5.86. The summed E-state index contributed by atoms with van der Waals surface area (Å²) in [6, 6.07) is 4.91. The SMILES string of the molecule is CC(c1ccc(F)c(Cl)c1)N1CCCC(C(=O)NCCN)C1.Cl. The van der Waals surface area contributed by atoms with Gasteiger partial charge in [0.15, 0.2) is 0 Å². The van der Waals surface area contributed by atoms with E-state index < -0.39 is 5.82 Å². The van der Waals surface area contributed by atoms with E-state index in [2.05, 4.69) is 17.1 Å². The van der Waals surface area contributed by atoms with Crippen LogP contribution in [0.15, 0.2) is 18.2 Å². The van der Waals surface area contributed by atoms with E-state index in [9.17, 15) is 9.18 Å². The zero-order valence-electron chi connectivity index (χ0n) is 13.2. The number of halogens is 3. The normalized spacial score (nSPS) is 19.7. The first-order valence-electron chi connectivity index (χ1n) is 7.69. The lowest BCUT2D eigenvalue weighted by Crippen LogP contribution is -2.44. The number of nitrogens with two attached hydrogens (primary N) is 1. The van der Waals surface area contributed by atoms with Gasteiger partial charge in [-0.25, -0.2) is 4.39 Å². The fraction of sp³-hybridized carbons (Fsp3) is 0.562. The van der Waals surface area contributed by atoms with Crippen molar-refractivity contribution in [3.05, 3.63) is 34.6 Å². The Balaban J connectivity index is 0.00000264. The van der Waals surface area contributed by atoms with Crippen molar-refractivity contribution in [1.82, 2.24) is 10.2 Å². The van der Waals surface area contributed by atoms with E-state index in [0.717, 1.165) is 24.9 Å². The standard InChI is InChI=1S/C16H23ClFN3O.ClH/c1-11(12-4-5-15(18)14(17)9-12)21-8-2-3-13(10-21)16(22)20-7-6-19;/h4-5,9,11,13H,2-3,6-8,10,19H2,1H3,(H,20,22);1H. The molecule has 1 aliphatic heterocycles. The number of carbonyl (C=O) groups is 1. The average Bonchev–Trinajstić information content (AvgIpc) is 2.54. The largest absolute Gasteiger partial charge is 0.355 e. The minimum Gasteiger partial charge on any atom is -0.355 e. The summed E-state index contributed by atoms with van der Waals surface area (Å²) < 4.78 is 13.3. The summed E-state index contributed by atoms with van der Waals surface area (Å²) in [4.78, 5) is 14.3. The van der Waals surface area contributed by atoms with Gasteiger partial charge in [-0.15, -0.1) is 12.4 Å². The van der Waals surface area contributed by atoms with Crippen LogP contribution in [0.3, 0.4) is 0 Å². The second-order valence-electron chi connectivity index (χ2n) is 5.76. The number of nitrogens with one attached hydrogen (secondary N) is 1. The molecule has 1 aromatic rings. The molecule has 4 nitrogen and oxygen atoms in total. The van der Waals surface area contributed by atoms with Gasteiger partial charge in [-0.2, -0.15) is 0 Å². The topological polar surface area (TPSA) is 58.4 Å². The van der Waals surface area contributed by atoms with Crippen LogP contribution in [0.5, 0.6) is 0 Å². The van der Waals surface area contributed by atoms with Crippen molar-refractivity contribution in [2.24, 2.45) is 11.7 Å². The smallest absolute Gasteiger partial charge is 0.224 e. The van der Waals surface area contributed by atoms with Gasteiger partial charge >= 0.3 is 0 Å². The fourth-order valence-corrected chi connectivity index (χ4v) is 3.08. The van der Waals surface area contributed by atoms with Crippen LogP contribution < -0.4 is 11.1 Å². The number of hydrogen-bond acceptors (Lipinski definition) is 3. The predicted octanol–water partition coefficient (Wildman–Crippen LogP) is 2.75. The molecule has 130 valence electrons. The Morgan fingerprint density at radius 2 is 2.30 bits per heavy atom. The lowest BCUT2D eigenvalue weighted by molar-refractivity contribution is -0.126. The lowest BCUT2D eigenvalue weighted by atomic mass is 9.94. The number of carbonyl (C=O) groups excluding carboxylic acids is 1. The van der Waals surface area contributed by atoms with Crippen LogP contribution in [0.25, 0.3) is 0 Å². The van der Waals surface area contributed by atoms with Crippen molar-refractivity contribution in [1.29, 1.82) is 0 Å². The van der Waals surface area contributed by atoms with Gasteiger partial charge in [0.05, 0.1) is 10.9 Å². The Kier molecular flexibility index (Phi) is 8.26. The number of benzene rings is 1. The van der Waals surface area contributed by atoms with Crippen LogP contribution in [0.2, 0.25) is 5.02 Å². The zero-order valence-corrected chi connectivity index (χ0v) is 14.8. The fourth-order valence-electron chi connectivity index (χ4n) is 2.89. The molecule has 0 aromatic heterocycles. The first kappa shape index (κ1) is 20.2. The van der Waals surface area contributed by atoms with Crippen LogP contribution >= 0.6 is 24.0 Å². The summed E-state index contributed by atoms with van der Waals surface area (Å²) in [5.74, 6) is -0.353. The van der Waals surface area contributed by atoms with Gasteiger partial charge in [0.25, 0.3) is 0 Å². The molecule has 0 spiro atoms. The molecule has 1 fully saturated rings. The molecule has 0 radical (unpaired) electrons.